The number of nitrogens with zero attached hydrogens (tertiary/aromatic N) is 2. The van der Waals surface area contributed by atoms with Crippen LogP contribution in [0.25, 0.3) is 10.9 Å². The molecule has 0 amide bonds. The average Bonchev–Trinajstić information content (AvgIpc) is 2.66. The molecule has 0 saturated heterocycles. The third kappa shape index (κ3) is 2.90. The van der Waals surface area contributed by atoms with Gasteiger partial charge in [0.05, 0.1) is 11.6 Å². The highest BCUT2D eigenvalue weighted by Gasteiger charge is 2.43. The summed E-state index contributed by atoms with van der Waals surface area (Å²) in [5.74, 6) is -1.17. The molecule has 27 heavy (non-hydrogen) atoms. The summed E-state index contributed by atoms with van der Waals surface area (Å²) in [6.07, 6.45) is 2.60. The monoisotopic (exact) mass is 379 g/mol. The van der Waals surface area contributed by atoms with Crippen LogP contribution in [0.2, 0.25) is 5.15 Å². The Labute approximate surface area is 162 Å². The molecule has 0 fully saturated rings. The van der Waals surface area contributed by atoms with Gasteiger partial charge < -0.3 is 4.74 Å². The number of halogens is 1. The lowest BCUT2D eigenvalue weighted by atomic mass is 9.74. The van der Waals surface area contributed by atoms with E-state index in [4.69, 9.17) is 21.7 Å². The van der Waals surface area contributed by atoms with Crippen molar-refractivity contribution in [1.82, 2.24) is 4.98 Å². The Morgan fingerprint density at radius 1 is 1.37 bits per heavy atom. The van der Waals surface area contributed by atoms with Crippen molar-refractivity contribution < 1.29 is 9.53 Å². The molecule has 2 aromatic rings. The maximum Gasteiger partial charge on any atom is 0.205 e. The van der Waals surface area contributed by atoms with Crippen molar-refractivity contribution in [3.63, 3.8) is 0 Å². The van der Waals surface area contributed by atoms with E-state index in [1.807, 2.05) is 24.3 Å². The van der Waals surface area contributed by atoms with Crippen molar-refractivity contribution in [2.75, 3.05) is 0 Å². The van der Waals surface area contributed by atoms with Gasteiger partial charge in [-0.2, -0.15) is 5.26 Å². The molecule has 4 rings (SSSR count). The zero-order valence-electron chi connectivity index (χ0n) is 14.9. The van der Waals surface area contributed by atoms with E-state index in [0.717, 1.165) is 17.3 Å². The predicted molar refractivity (Wildman–Crippen MR) is 103 cm³/mol. The van der Waals surface area contributed by atoms with E-state index in [2.05, 4.69) is 18.0 Å². The fraction of sp³-hybridized carbons (Fsp3) is 0.333. The number of rotatable bonds is 2. The first kappa shape index (κ1) is 17.7. The molecule has 0 spiro atoms. The van der Waals surface area contributed by atoms with Crippen LogP contribution < -0.4 is 0 Å². The van der Waals surface area contributed by atoms with Crippen LogP contribution in [0.1, 0.15) is 43.2 Å². The lowest BCUT2D eigenvalue weighted by Crippen LogP contribution is -2.34. The molecule has 1 N–H and O–H groups in total. The number of ketones is 1. The quantitative estimate of drug-likeness (QED) is 0.767. The van der Waals surface area contributed by atoms with Crippen LogP contribution in [0, 0.1) is 22.7 Å². The Morgan fingerprint density at radius 3 is 2.93 bits per heavy atom. The van der Waals surface area contributed by atoms with Crippen LogP contribution in [-0.4, -0.2) is 16.7 Å². The standard InChI is InChI=1S/C21H18ClN3O2/c1-2-11-6-7-15-12(8-11)9-13(20(22)25-15)18-14(10-23)21(24)27-17-5-3-4-16(26)19(17)18/h6-9,14,18,24H,2-5H2,1H3. The van der Waals surface area contributed by atoms with Crippen molar-refractivity contribution in [1.29, 1.82) is 10.7 Å². The molecule has 0 bridgehead atoms. The number of aryl methyl sites for hydroxylation is 1. The summed E-state index contributed by atoms with van der Waals surface area (Å²) in [4.78, 5) is 17.2. The molecule has 5 nitrogen and oxygen atoms in total. The summed E-state index contributed by atoms with van der Waals surface area (Å²) >= 11 is 6.49. The normalized spacial score (nSPS) is 22.4. The first-order chi connectivity index (χ1) is 13.0. The number of fused-ring (bicyclic) bond motifs is 1. The topological polar surface area (TPSA) is 86.8 Å². The second kappa shape index (κ2) is 6.79. The molecule has 0 saturated carbocycles. The Hall–Kier alpha value is -2.71. The van der Waals surface area contributed by atoms with Crippen molar-refractivity contribution >= 4 is 34.2 Å². The summed E-state index contributed by atoms with van der Waals surface area (Å²) in [5.41, 5.74) is 3.03. The Balaban J connectivity index is 1.95. The zero-order chi connectivity index (χ0) is 19.1. The minimum absolute atomic E-state index is 0.0347. The number of carbonyl (C=O) groups excluding carboxylic acids is 1. The average molecular weight is 380 g/mol. The third-order valence-electron chi connectivity index (χ3n) is 5.31. The molecular weight excluding hydrogens is 362 g/mol. The first-order valence-corrected chi connectivity index (χ1v) is 9.42. The van der Waals surface area contributed by atoms with Crippen LogP contribution in [-0.2, 0) is 16.0 Å². The van der Waals surface area contributed by atoms with E-state index in [1.54, 1.807) is 0 Å². The van der Waals surface area contributed by atoms with Crippen LogP contribution in [0.15, 0.2) is 35.6 Å². The van der Waals surface area contributed by atoms with E-state index < -0.39 is 11.8 Å². The SMILES string of the molecule is CCc1ccc2nc(Cl)c(C3C4=C(CCCC4=O)OC(=N)C3C#N)cc2c1. The maximum absolute atomic E-state index is 12.7. The van der Waals surface area contributed by atoms with Crippen molar-refractivity contribution in [2.24, 2.45) is 5.92 Å². The second-order valence-corrected chi connectivity index (χ2v) is 7.27. The molecule has 0 radical (unpaired) electrons. The third-order valence-corrected chi connectivity index (χ3v) is 5.61. The van der Waals surface area contributed by atoms with E-state index in [1.165, 1.54) is 5.56 Å². The molecule has 1 aromatic carbocycles. The fourth-order valence-corrected chi connectivity index (χ4v) is 4.19. The Kier molecular flexibility index (Phi) is 4.45. The van der Waals surface area contributed by atoms with E-state index in [-0.39, 0.29) is 16.8 Å². The van der Waals surface area contributed by atoms with Gasteiger partial charge in [0.2, 0.25) is 5.90 Å². The van der Waals surface area contributed by atoms with Crippen LogP contribution in [0.5, 0.6) is 0 Å². The molecule has 1 aliphatic carbocycles. The van der Waals surface area contributed by atoms with Gasteiger partial charge in [0.1, 0.15) is 16.8 Å². The molecule has 1 aromatic heterocycles. The van der Waals surface area contributed by atoms with Gasteiger partial charge in [-0.3, -0.25) is 10.2 Å². The van der Waals surface area contributed by atoms with Gasteiger partial charge >= 0.3 is 0 Å². The van der Waals surface area contributed by atoms with Gasteiger partial charge in [-0.15, -0.1) is 0 Å². The number of benzene rings is 1. The number of ether oxygens (including phenoxy) is 1. The zero-order valence-corrected chi connectivity index (χ0v) is 15.6. The lowest BCUT2D eigenvalue weighted by Gasteiger charge is -2.34. The van der Waals surface area contributed by atoms with Gasteiger partial charge in [0, 0.05) is 29.7 Å². The molecule has 2 aliphatic rings. The molecule has 2 unspecified atom stereocenters. The number of hydrogen-bond donors (Lipinski definition) is 1. The number of carbonyl (C=O) groups is 1. The van der Waals surface area contributed by atoms with Crippen LogP contribution >= 0.6 is 11.6 Å². The Bertz CT molecular complexity index is 1050. The molecular formula is C21H18ClN3O2. The number of hydrogen-bond acceptors (Lipinski definition) is 5. The number of nitriles is 1. The summed E-state index contributed by atoms with van der Waals surface area (Å²) in [7, 11) is 0. The van der Waals surface area contributed by atoms with E-state index >= 15 is 0 Å². The minimum Gasteiger partial charge on any atom is -0.446 e. The second-order valence-electron chi connectivity index (χ2n) is 6.91. The van der Waals surface area contributed by atoms with Crippen LogP contribution in [0.3, 0.4) is 0 Å². The van der Waals surface area contributed by atoms with Gasteiger partial charge in [0.15, 0.2) is 5.78 Å². The highest BCUT2D eigenvalue weighted by molar-refractivity contribution is 6.30. The summed E-state index contributed by atoms with van der Waals surface area (Å²) in [6, 6.07) is 10.0. The largest absolute Gasteiger partial charge is 0.446 e. The van der Waals surface area contributed by atoms with Gasteiger partial charge in [-0.1, -0.05) is 24.6 Å². The van der Waals surface area contributed by atoms with Crippen molar-refractivity contribution in [3.8, 4) is 6.07 Å². The summed E-state index contributed by atoms with van der Waals surface area (Å²) in [5, 5.41) is 19.0. The molecule has 136 valence electrons. The molecule has 2 heterocycles. The number of allylic oxidation sites excluding steroid dienone is 2. The van der Waals surface area contributed by atoms with Gasteiger partial charge in [-0.05, 0) is 42.2 Å². The van der Waals surface area contributed by atoms with Crippen molar-refractivity contribution in [2.45, 2.75) is 38.5 Å². The fourth-order valence-electron chi connectivity index (χ4n) is 3.93. The van der Waals surface area contributed by atoms with Crippen LogP contribution in [0.4, 0.5) is 0 Å². The molecule has 6 heteroatoms. The summed E-state index contributed by atoms with van der Waals surface area (Å²) < 4.78 is 5.54. The Morgan fingerprint density at radius 2 is 2.19 bits per heavy atom. The van der Waals surface area contributed by atoms with Gasteiger partial charge in [0.25, 0.3) is 0 Å². The number of Topliss-reactive ketones (excluding diaryl/α,β-unsaturated/α-hetero) is 1. The predicted octanol–water partition coefficient (Wildman–Crippen LogP) is 4.69. The first-order valence-electron chi connectivity index (χ1n) is 9.04. The number of aromatic nitrogens is 1. The molecule has 2 atom stereocenters. The minimum atomic E-state index is -0.892. The highest BCUT2D eigenvalue weighted by Crippen LogP contribution is 2.45. The maximum atomic E-state index is 12.7. The number of pyridine rings is 1. The molecule has 1 aliphatic heterocycles. The van der Waals surface area contributed by atoms with Crippen molar-refractivity contribution in [3.05, 3.63) is 51.9 Å². The summed E-state index contributed by atoms with van der Waals surface area (Å²) in [6.45, 7) is 2.08. The highest BCUT2D eigenvalue weighted by atomic mass is 35.5. The number of nitrogens with one attached hydrogen (secondary N) is 1. The smallest absolute Gasteiger partial charge is 0.205 e. The van der Waals surface area contributed by atoms with E-state index in [9.17, 15) is 10.1 Å². The van der Waals surface area contributed by atoms with Gasteiger partial charge in [-0.25, -0.2) is 4.98 Å². The lowest BCUT2D eigenvalue weighted by molar-refractivity contribution is -0.116. The van der Waals surface area contributed by atoms with E-state index in [0.29, 0.717) is 36.2 Å².